The van der Waals surface area contributed by atoms with Crippen LogP contribution in [0.15, 0.2) is 187 Å². The molecule has 7 aromatic carbocycles. The van der Waals surface area contributed by atoms with Crippen molar-refractivity contribution in [2.45, 2.75) is 0 Å². The van der Waals surface area contributed by atoms with E-state index in [2.05, 4.69) is 162 Å². The Balaban J connectivity index is 1.26. The standard InChI is InChI=1S/C47H30N2O/c1-4-13-31(14-5-1)34-23-25-37-38-26-24-35(46-41(33-17-8-3-9-18-33)27-36(30-48-46)32-15-6-2-7-16-32)29-44(38)49(43(37)28-34)42-21-12-20-40-39-19-10-11-22-45(39)50-47(40)42/h1-30H. The topological polar surface area (TPSA) is 31.0 Å². The summed E-state index contributed by atoms with van der Waals surface area (Å²) in [6.07, 6.45) is 2.00. The first-order valence-corrected chi connectivity index (χ1v) is 17.0. The van der Waals surface area contributed by atoms with Crippen LogP contribution in [0.3, 0.4) is 0 Å². The van der Waals surface area contributed by atoms with E-state index in [0.717, 1.165) is 72.2 Å². The third-order valence-electron chi connectivity index (χ3n) is 9.85. The number of para-hydroxylation sites is 2. The van der Waals surface area contributed by atoms with Crippen molar-refractivity contribution in [1.29, 1.82) is 0 Å². The number of hydrogen-bond donors (Lipinski definition) is 0. The van der Waals surface area contributed by atoms with Gasteiger partial charge in [0.15, 0.2) is 5.58 Å². The van der Waals surface area contributed by atoms with E-state index in [1.54, 1.807) is 0 Å². The Bertz CT molecular complexity index is 2850. The fraction of sp³-hybridized carbons (Fsp3) is 0. The quantitative estimate of drug-likeness (QED) is 0.188. The van der Waals surface area contributed by atoms with Gasteiger partial charge in [0, 0.05) is 44.4 Å². The largest absolute Gasteiger partial charge is 0.454 e. The normalized spacial score (nSPS) is 11.6. The number of benzene rings is 7. The Morgan fingerprint density at radius 2 is 0.980 bits per heavy atom. The van der Waals surface area contributed by atoms with E-state index >= 15 is 0 Å². The minimum Gasteiger partial charge on any atom is -0.454 e. The van der Waals surface area contributed by atoms with Crippen molar-refractivity contribution < 1.29 is 4.42 Å². The minimum atomic E-state index is 0.873. The van der Waals surface area contributed by atoms with Gasteiger partial charge in [0.05, 0.1) is 22.4 Å². The third-order valence-corrected chi connectivity index (χ3v) is 9.85. The molecule has 0 saturated carbocycles. The Hall–Kier alpha value is -6.71. The average Bonchev–Trinajstić information content (AvgIpc) is 3.74. The van der Waals surface area contributed by atoms with Crippen molar-refractivity contribution in [2.75, 3.05) is 0 Å². The van der Waals surface area contributed by atoms with Crippen LogP contribution in [0.1, 0.15) is 0 Å². The van der Waals surface area contributed by atoms with Gasteiger partial charge in [-0.1, -0.05) is 146 Å². The molecule has 0 aliphatic heterocycles. The first-order chi connectivity index (χ1) is 24.8. The van der Waals surface area contributed by atoms with E-state index in [4.69, 9.17) is 9.40 Å². The van der Waals surface area contributed by atoms with Crippen molar-refractivity contribution in [3.63, 3.8) is 0 Å². The molecule has 0 N–H and O–H groups in total. The van der Waals surface area contributed by atoms with Crippen LogP contribution >= 0.6 is 0 Å². The second-order valence-corrected chi connectivity index (χ2v) is 12.8. The van der Waals surface area contributed by atoms with Gasteiger partial charge in [-0.25, -0.2) is 0 Å². The molecular formula is C47H30N2O. The van der Waals surface area contributed by atoms with Gasteiger partial charge in [-0.2, -0.15) is 0 Å². The summed E-state index contributed by atoms with van der Waals surface area (Å²) in [6, 6.07) is 62.2. The monoisotopic (exact) mass is 638 g/mol. The molecular weight excluding hydrogens is 609 g/mol. The Kier molecular flexibility index (Phi) is 6.49. The fourth-order valence-electron chi connectivity index (χ4n) is 7.46. The van der Waals surface area contributed by atoms with Gasteiger partial charge in [-0.3, -0.25) is 4.98 Å². The summed E-state index contributed by atoms with van der Waals surface area (Å²) in [5, 5.41) is 4.59. The van der Waals surface area contributed by atoms with Crippen LogP contribution in [0, 0.1) is 0 Å². The van der Waals surface area contributed by atoms with E-state index in [9.17, 15) is 0 Å². The summed E-state index contributed by atoms with van der Waals surface area (Å²) in [5.41, 5.74) is 13.8. The zero-order valence-corrected chi connectivity index (χ0v) is 27.1. The third kappa shape index (κ3) is 4.56. The maximum Gasteiger partial charge on any atom is 0.159 e. The summed E-state index contributed by atoms with van der Waals surface area (Å²) in [4.78, 5) is 5.17. The molecule has 0 spiro atoms. The van der Waals surface area contributed by atoms with Crippen LogP contribution in [0.2, 0.25) is 0 Å². The van der Waals surface area contributed by atoms with Gasteiger partial charge < -0.3 is 8.98 Å². The zero-order chi connectivity index (χ0) is 33.0. The molecule has 3 heterocycles. The molecule has 0 atom stereocenters. The highest BCUT2D eigenvalue weighted by Crippen LogP contribution is 2.41. The summed E-state index contributed by atoms with van der Waals surface area (Å²) in [5.74, 6) is 0. The molecule has 0 fully saturated rings. The number of furan rings is 1. The van der Waals surface area contributed by atoms with Crippen molar-refractivity contribution in [3.8, 4) is 50.3 Å². The summed E-state index contributed by atoms with van der Waals surface area (Å²) in [6.45, 7) is 0. The van der Waals surface area contributed by atoms with Crippen LogP contribution < -0.4 is 0 Å². The molecule has 234 valence electrons. The highest BCUT2D eigenvalue weighted by molar-refractivity contribution is 6.14. The molecule has 10 rings (SSSR count). The lowest BCUT2D eigenvalue weighted by molar-refractivity contribution is 0.666. The lowest BCUT2D eigenvalue weighted by Gasteiger charge is -2.13. The van der Waals surface area contributed by atoms with Crippen LogP contribution in [0.5, 0.6) is 0 Å². The van der Waals surface area contributed by atoms with Gasteiger partial charge in [-0.15, -0.1) is 0 Å². The molecule has 0 aliphatic rings. The lowest BCUT2D eigenvalue weighted by atomic mass is 9.95. The molecule has 0 radical (unpaired) electrons. The number of nitrogens with zero attached hydrogens (tertiary/aromatic N) is 2. The first kappa shape index (κ1) is 28.3. The number of fused-ring (bicyclic) bond motifs is 6. The average molecular weight is 639 g/mol. The van der Waals surface area contributed by atoms with Crippen molar-refractivity contribution >= 4 is 43.7 Å². The van der Waals surface area contributed by atoms with Crippen molar-refractivity contribution in [1.82, 2.24) is 9.55 Å². The molecule has 0 amide bonds. The van der Waals surface area contributed by atoms with Gasteiger partial charge in [0.2, 0.25) is 0 Å². The fourth-order valence-corrected chi connectivity index (χ4v) is 7.46. The van der Waals surface area contributed by atoms with Gasteiger partial charge >= 0.3 is 0 Å². The van der Waals surface area contributed by atoms with Crippen LogP contribution in [0.4, 0.5) is 0 Å². The Morgan fingerprint density at radius 3 is 1.70 bits per heavy atom. The first-order valence-electron chi connectivity index (χ1n) is 17.0. The lowest BCUT2D eigenvalue weighted by Crippen LogP contribution is -1.96. The van der Waals surface area contributed by atoms with E-state index < -0.39 is 0 Å². The van der Waals surface area contributed by atoms with Gasteiger partial charge in [0.1, 0.15) is 5.58 Å². The minimum absolute atomic E-state index is 0.873. The number of hydrogen-bond acceptors (Lipinski definition) is 2. The highest BCUT2D eigenvalue weighted by atomic mass is 16.3. The highest BCUT2D eigenvalue weighted by Gasteiger charge is 2.20. The predicted octanol–water partition coefficient (Wildman–Crippen LogP) is 12.7. The van der Waals surface area contributed by atoms with Crippen LogP contribution in [-0.4, -0.2) is 9.55 Å². The predicted molar refractivity (Wildman–Crippen MR) is 208 cm³/mol. The molecule has 10 aromatic rings. The Labute approximate surface area is 289 Å². The van der Waals surface area contributed by atoms with Crippen molar-refractivity contribution in [2.24, 2.45) is 0 Å². The number of rotatable bonds is 5. The SMILES string of the molecule is c1ccc(-c2cnc(-c3ccc4c5ccc(-c6ccccc6)cc5n(-c5cccc6c5oc5ccccc56)c4c3)c(-c3ccccc3)c2)cc1. The maximum absolute atomic E-state index is 6.63. The number of aromatic nitrogens is 2. The molecule has 3 nitrogen and oxygen atoms in total. The molecule has 0 unspecified atom stereocenters. The molecule has 50 heavy (non-hydrogen) atoms. The zero-order valence-electron chi connectivity index (χ0n) is 27.1. The van der Waals surface area contributed by atoms with Gasteiger partial charge in [-0.05, 0) is 52.6 Å². The van der Waals surface area contributed by atoms with E-state index in [0.29, 0.717) is 0 Å². The maximum atomic E-state index is 6.63. The molecule has 3 heteroatoms. The summed E-state index contributed by atoms with van der Waals surface area (Å²) < 4.78 is 9.01. The number of pyridine rings is 1. The molecule has 3 aromatic heterocycles. The van der Waals surface area contributed by atoms with E-state index in [-0.39, 0.29) is 0 Å². The van der Waals surface area contributed by atoms with E-state index in [1.165, 1.54) is 21.9 Å². The molecule has 0 bridgehead atoms. The Morgan fingerprint density at radius 1 is 0.400 bits per heavy atom. The smallest absolute Gasteiger partial charge is 0.159 e. The second kappa shape index (κ2) is 11.5. The summed E-state index contributed by atoms with van der Waals surface area (Å²) >= 11 is 0. The van der Waals surface area contributed by atoms with Crippen molar-refractivity contribution in [3.05, 3.63) is 182 Å². The second-order valence-electron chi connectivity index (χ2n) is 12.8. The summed E-state index contributed by atoms with van der Waals surface area (Å²) in [7, 11) is 0. The van der Waals surface area contributed by atoms with Gasteiger partial charge in [0.25, 0.3) is 0 Å². The molecule has 0 aliphatic carbocycles. The van der Waals surface area contributed by atoms with Crippen LogP contribution in [0.25, 0.3) is 94.1 Å². The van der Waals surface area contributed by atoms with E-state index in [1.807, 2.05) is 24.4 Å². The molecule has 0 saturated heterocycles. The van der Waals surface area contributed by atoms with Crippen LogP contribution in [-0.2, 0) is 0 Å².